The third kappa shape index (κ3) is 3.74. The van der Waals surface area contributed by atoms with E-state index in [1.54, 1.807) is 29.3 Å². The zero-order valence-corrected chi connectivity index (χ0v) is 18.4. The van der Waals surface area contributed by atoms with Gasteiger partial charge in [-0.2, -0.15) is 0 Å². The SMILES string of the molecule is COc1cc(OC)c(Cl)c(-c2cc3c(c(N4CCC(F)(F)C4)n2)=CC(Cl)NC=3)c1Cl. The Kier molecular flexibility index (Phi) is 5.64. The Hall–Kier alpha value is -1.96. The molecular weight excluding hydrogens is 459 g/mol. The van der Waals surface area contributed by atoms with E-state index in [0.29, 0.717) is 33.8 Å². The van der Waals surface area contributed by atoms with E-state index < -0.39 is 18.0 Å². The van der Waals surface area contributed by atoms with Crippen LogP contribution in [0, 0.1) is 0 Å². The van der Waals surface area contributed by atoms with Crippen LogP contribution in [0.2, 0.25) is 10.0 Å². The molecule has 0 radical (unpaired) electrons. The van der Waals surface area contributed by atoms with Crippen molar-refractivity contribution in [1.82, 2.24) is 10.3 Å². The summed E-state index contributed by atoms with van der Waals surface area (Å²) in [5.74, 6) is -1.67. The Balaban J connectivity index is 1.98. The number of hydrogen-bond acceptors (Lipinski definition) is 5. The van der Waals surface area contributed by atoms with Crippen molar-refractivity contribution in [2.45, 2.75) is 17.8 Å². The quantitative estimate of drug-likeness (QED) is 0.540. The molecule has 1 aromatic carbocycles. The number of benzene rings is 1. The number of nitrogens with one attached hydrogen (secondary N) is 1. The van der Waals surface area contributed by atoms with Crippen molar-refractivity contribution in [2.24, 2.45) is 0 Å². The summed E-state index contributed by atoms with van der Waals surface area (Å²) in [4.78, 5) is 6.24. The van der Waals surface area contributed by atoms with E-state index >= 15 is 0 Å². The number of rotatable bonds is 4. The van der Waals surface area contributed by atoms with Crippen molar-refractivity contribution in [3.63, 3.8) is 0 Å². The van der Waals surface area contributed by atoms with Gasteiger partial charge in [0.25, 0.3) is 5.92 Å². The minimum Gasteiger partial charge on any atom is -0.495 e. The number of anilines is 1. The summed E-state index contributed by atoms with van der Waals surface area (Å²) in [6.07, 6.45) is 3.22. The summed E-state index contributed by atoms with van der Waals surface area (Å²) in [7, 11) is 2.95. The van der Waals surface area contributed by atoms with Gasteiger partial charge < -0.3 is 19.7 Å². The van der Waals surface area contributed by atoms with Gasteiger partial charge in [0.1, 0.15) is 22.8 Å². The smallest absolute Gasteiger partial charge is 0.266 e. The lowest BCUT2D eigenvalue weighted by Crippen LogP contribution is -2.42. The van der Waals surface area contributed by atoms with Gasteiger partial charge in [0.2, 0.25) is 0 Å². The van der Waals surface area contributed by atoms with Crippen molar-refractivity contribution in [1.29, 1.82) is 0 Å². The molecule has 1 fully saturated rings. The predicted molar refractivity (Wildman–Crippen MR) is 116 cm³/mol. The Morgan fingerprint density at radius 1 is 1.17 bits per heavy atom. The topological polar surface area (TPSA) is 46.6 Å². The molecule has 1 aromatic heterocycles. The Labute approximate surface area is 186 Å². The number of hydrogen-bond donors (Lipinski definition) is 1. The zero-order chi connectivity index (χ0) is 21.6. The molecule has 0 saturated carbocycles. The molecule has 1 atom stereocenters. The largest absolute Gasteiger partial charge is 0.495 e. The second-order valence-electron chi connectivity index (χ2n) is 7.02. The first-order valence-corrected chi connectivity index (χ1v) is 10.3. The van der Waals surface area contributed by atoms with Gasteiger partial charge in [-0.1, -0.05) is 34.8 Å². The summed E-state index contributed by atoms with van der Waals surface area (Å²) >= 11 is 19.3. The fraction of sp³-hybridized carbons (Fsp3) is 0.350. The first-order chi connectivity index (χ1) is 14.2. The fourth-order valence-electron chi connectivity index (χ4n) is 3.61. The van der Waals surface area contributed by atoms with Gasteiger partial charge in [0.15, 0.2) is 0 Å². The molecule has 0 bridgehead atoms. The number of methoxy groups -OCH3 is 2. The highest BCUT2D eigenvalue weighted by Crippen LogP contribution is 2.45. The molecule has 2 aromatic rings. The maximum atomic E-state index is 13.9. The number of ether oxygens (including phenoxy) is 2. The second-order valence-corrected chi connectivity index (χ2v) is 8.25. The minimum atomic E-state index is -2.78. The van der Waals surface area contributed by atoms with Gasteiger partial charge in [-0.3, -0.25) is 0 Å². The second kappa shape index (κ2) is 7.94. The third-order valence-electron chi connectivity index (χ3n) is 5.08. The van der Waals surface area contributed by atoms with Crippen molar-refractivity contribution < 1.29 is 18.3 Å². The standard InChI is InChI=1S/C20H18Cl3F2N3O2/c1-29-13-7-14(30-2)18(23)16(17(13)22)12-5-10-8-26-15(21)6-11(10)19(27-12)28-4-3-20(24,25)9-28/h5-8,15,26H,3-4,9H2,1-2H3. The van der Waals surface area contributed by atoms with E-state index in [4.69, 9.17) is 44.3 Å². The van der Waals surface area contributed by atoms with Gasteiger partial charge in [-0.15, -0.1) is 0 Å². The normalized spacial score (nSPS) is 19.4. The molecule has 1 N–H and O–H groups in total. The van der Waals surface area contributed by atoms with Gasteiger partial charge >= 0.3 is 0 Å². The number of fused-ring (bicyclic) bond motifs is 1. The fourth-order valence-corrected chi connectivity index (χ4v) is 4.49. The summed E-state index contributed by atoms with van der Waals surface area (Å²) < 4.78 is 38.5. The molecule has 0 aliphatic carbocycles. The molecule has 3 heterocycles. The van der Waals surface area contributed by atoms with E-state index in [1.165, 1.54) is 14.2 Å². The number of nitrogens with zero attached hydrogens (tertiary/aromatic N) is 2. The van der Waals surface area contributed by atoms with Crippen molar-refractivity contribution in [3.05, 3.63) is 32.6 Å². The molecule has 160 valence electrons. The van der Waals surface area contributed by atoms with Crippen LogP contribution in [-0.4, -0.2) is 43.7 Å². The molecule has 0 spiro atoms. The molecule has 5 nitrogen and oxygen atoms in total. The van der Waals surface area contributed by atoms with E-state index in [-0.39, 0.29) is 23.0 Å². The molecule has 30 heavy (non-hydrogen) atoms. The van der Waals surface area contributed by atoms with Gasteiger partial charge in [-0.25, -0.2) is 13.8 Å². The van der Waals surface area contributed by atoms with Crippen LogP contribution < -0.4 is 30.1 Å². The summed E-state index contributed by atoms with van der Waals surface area (Å²) in [5.41, 5.74) is 0.327. The van der Waals surface area contributed by atoms with Crippen LogP contribution in [0.3, 0.4) is 0 Å². The Bertz CT molecular complexity index is 1100. The number of pyridine rings is 1. The van der Waals surface area contributed by atoms with Crippen LogP contribution in [-0.2, 0) is 0 Å². The molecule has 4 rings (SSSR count). The molecule has 10 heteroatoms. The molecule has 0 amide bonds. The maximum Gasteiger partial charge on any atom is 0.266 e. The summed E-state index contributed by atoms with van der Waals surface area (Å²) in [6.45, 7) is -0.250. The van der Waals surface area contributed by atoms with E-state index in [0.717, 1.165) is 5.22 Å². The monoisotopic (exact) mass is 475 g/mol. The van der Waals surface area contributed by atoms with Gasteiger partial charge in [-0.05, 0) is 12.1 Å². The lowest BCUT2D eigenvalue weighted by Gasteiger charge is -2.22. The van der Waals surface area contributed by atoms with E-state index in [9.17, 15) is 8.78 Å². The van der Waals surface area contributed by atoms with Crippen molar-refractivity contribution in [2.75, 3.05) is 32.2 Å². The number of alkyl halides is 3. The Morgan fingerprint density at radius 2 is 1.83 bits per heavy atom. The minimum absolute atomic E-state index is 0.174. The molecule has 2 aliphatic rings. The predicted octanol–water partition coefficient (Wildman–Crippen LogP) is 3.60. The average molecular weight is 477 g/mol. The molecule has 2 aliphatic heterocycles. The highest BCUT2D eigenvalue weighted by atomic mass is 35.5. The van der Waals surface area contributed by atoms with Gasteiger partial charge in [0, 0.05) is 41.2 Å². The van der Waals surface area contributed by atoms with E-state index in [1.807, 2.05) is 0 Å². The van der Waals surface area contributed by atoms with E-state index in [2.05, 4.69) is 10.3 Å². The van der Waals surface area contributed by atoms with Crippen LogP contribution >= 0.6 is 34.8 Å². The zero-order valence-electron chi connectivity index (χ0n) is 16.1. The van der Waals surface area contributed by atoms with Crippen LogP contribution in [0.1, 0.15) is 6.42 Å². The van der Waals surface area contributed by atoms with Crippen molar-refractivity contribution in [3.8, 4) is 22.8 Å². The lowest BCUT2D eigenvalue weighted by molar-refractivity contribution is 0.0256. The first-order valence-electron chi connectivity index (χ1n) is 9.10. The lowest BCUT2D eigenvalue weighted by atomic mass is 10.1. The summed E-state index contributed by atoms with van der Waals surface area (Å²) in [5, 5.41) is 4.90. The van der Waals surface area contributed by atoms with Crippen LogP contribution in [0.15, 0.2) is 12.1 Å². The van der Waals surface area contributed by atoms with Crippen LogP contribution in [0.25, 0.3) is 23.5 Å². The Morgan fingerprint density at radius 3 is 2.40 bits per heavy atom. The number of aromatic nitrogens is 1. The molecular formula is C20H18Cl3F2N3O2. The van der Waals surface area contributed by atoms with Crippen LogP contribution in [0.4, 0.5) is 14.6 Å². The number of halogens is 5. The highest BCUT2D eigenvalue weighted by molar-refractivity contribution is 6.41. The third-order valence-corrected chi connectivity index (χ3v) is 6.08. The molecule has 1 unspecified atom stereocenters. The first kappa shape index (κ1) is 21.3. The molecule has 1 saturated heterocycles. The van der Waals surface area contributed by atoms with Crippen LogP contribution in [0.5, 0.6) is 11.5 Å². The summed E-state index contributed by atoms with van der Waals surface area (Å²) in [6, 6.07) is 3.35. The van der Waals surface area contributed by atoms with Gasteiger partial charge in [0.05, 0.1) is 36.5 Å². The van der Waals surface area contributed by atoms with Crippen molar-refractivity contribution >= 4 is 52.9 Å². The maximum absolute atomic E-state index is 13.9. The average Bonchev–Trinajstić information content (AvgIpc) is 3.07. The highest BCUT2D eigenvalue weighted by Gasteiger charge is 2.39.